The number of nitrogens with one attached hydrogen (secondary N) is 1. The van der Waals surface area contributed by atoms with E-state index in [1.54, 1.807) is 42.5 Å². The second-order valence-electron chi connectivity index (χ2n) is 9.79. The molecule has 1 fully saturated rings. The Labute approximate surface area is 234 Å². The van der Waals surface area contributed by atoms with Gasteiger partial charge in [0.25, 0.3) is 0 Å². The minimum atomic E-state index is -0.306. The number of amides is 2. The largest absolute Gasteiger partial charge is 0.493 e. The van der Waals surface area contributed by atoms with Gasteiger partial charge < -0.3 is 14.4 Å². The molecule has 0 spiro atoms. The zero-order valence-corrected chi connectivity index (χ0v) is 22.6. The molecule has 40 heavy (non-hydrogen) atoms. The van der Waals surface area contributed by atoms with Crippen molar-refractivity contribution < 1.29 is 19.5 Å². The Hall–Kier alpha value is -4.56. The molecule has 2 amide bonds. The Kier molecular flexibility index (Phi) is 8.78. The van der Waals surface area contributed by atoms with Crippen LogP contribution >= 0.6 is 0 Å². The third-order valence-corrected chi connectivity index (χ3v) is 7.01. The number of benzene rings is 3. The zero-order valence-electron chi connectivity index (χ0n) is 22.6. The van der Waals surface area contributed by atoms with E-state index in [0.29, 0.717) is 36.0 Å². The van der Waals surface area contributed by atoms with Gasteiger partial charge in [-0.1, -0.05) is 60.7 Å². The molecule has 8 nitrogen and oxygen atoms in total. The lowest BCUT2D eigenvalue weighted by atomic mass is 10.1. The SMILES string of the molecule is COc1ccc(N(C(=O)N(Cc2ccccc2)Cc2ccccc2)c2ncccc2NO)cc1OC1CCCC1. The van der Waals surface area contributed by atoms with Crippen molar-refractivity contribution in [1.29, 1.82) is 0 Å². The maximum atomic E-state index is 14.6. The number of carbonyl (C=O) groups is 1. The summed E-state index contributed by atoms with van der Waals surface area (Å²) in [5.74, 6) is 1.42. The van der Waals surface area contributed by atoms with Crippen LogP contribution in [0.2, 0.25) is 0 Å². The van der Waals surface area contributed by atoms with Gasteiger partial charge in [-0.25, -0.2) is 14.7 Å². The third kappa shape index (κ3) is 6.35. The molecule has 3 aromatic carbocycles. The van der Waals surface area contributed by atoms with E-state index < -0.39 is 0 Å². The molecule has 2 N–H and O–H groups in total. The van der Waals surface area contributed by atoms with Crippen molar-refractivity contribution in [3.05, 3.63) is 108 Å². The molecule has 0 saturated heterocycles. The summed E-state index contributed by atoms with van der Waals surface area (Å²) in [4.78, 5) is 22.3. The molecule has 0 radical (unpaired) electrons. The van der Waals surface area contributed by atoms with E-state index in [0.717, 1.165) is 36.8 Å². The number of rotatable bonds is 10. The van der Waals surface area contributed by atoms with Gasteiger partial charge in [0.2, 0.25) is 0 Å². The summed E-state index contributed by atoms with van der Waals surface area (Å²) in [5.41, 5.74) is 5.03. The van der Waals surface area contributed by atoms with Gasteiger partial charge in [0.15, 0.2) is 17.3 Å². The molecule has 1 saturated carbocycles. The highest BCUT2D eigenvalue weighted by Crippen LogP contribution is 2.39. The lowest BCUT2D eigenvalue weighted by molar-refractivity contribution is 0.199. The molecular weight excluding hydrogens is 504 g/mol. The summed E-state index contributed by atoms with van der Waals surface area (Å²) in [6, 6.07) is 28.2. The van der Waals surface area contributed by atoms with E-state index in [2.05, 4.69) is 10.5 Å². The fourth-order valence-corrected chi connectivity index (χ4v) is 5.01. The number of ether oxygens (including phenoxy) is 2. The van der Waals surface area contributed by atoms with Crippen LogP contribution in [0.5, 0.6) is 11.5 Å². The molecule has 8 heteroatoms. The Morgan fingerprint density at radius 3 is 2.15 bits per heavy atom. The van der Waals surface area contributed by atoms with E-state index in [1.807, 2.05) is 66.7 Å². The average molecular weight is 539 g/mol. The number of hydrogen-bond donors (Lipinski definition) is 2. The molecule has 5 rings (SSSR count). The van der Waals surface area contributed by atoms with Crippen LogP contribution in [-0.4, -0.2) is 34.3 Å². The third-order valence-electron chi connectivity index (χ3n) is 7.01. The van der Waals surface area contributed by atoms with Crippen LogP contribution in [0.15, 0.2) is 97.2 Å². The van der Waals surface area contributed by atoms with Gasteiger partial charge in [-0.05, 0) is 61.1 Å². The summed E-state index contributed by atoms with van der Waals surface area (Å²) in [6.07, 6.45) is 5.92. The van der Waals surface area contributed by atoms with Gasteiger partial charge in [0, 0.05) is 25.4 Å². The summed E-state index contributed by atoms with van der Waals surface area (Å²) in [5, 5.41) is 9.95. The van der Waals surface area contributed by atoms with E-state index in [9.17, 15) is 10.0 Å². The highest BCUT2D eigenvalue weighted by molar-refractivity contribution is 6.01. The minimum Gasteiger partial charge on any atom is -0.493 e. The molecule has 1 aliphatic rings. The monoisotopic (exact) mass is 538 g/mol. The molecule has 0 atom stereocenters. The lowest BCUT2D eigenvalue weighted by Crippen LogP contribution is -2.40. The van der Waals surface area contributed by atoms with Crippen molar-refractivity contribution in [3.63, 3.8) is 0 Å². The summed E-state index contributed by atoms with van der Waals surface area (Å²) >= 11 is 0. The van der Waals surface area contributed by atoms with Gasteiger partial charge in [-0.2, -0.15) is 0 Å². The molecular formula is C32H34N4O4. The van der Waals surface area contributed by atoms with Crippen LogP contribution in [-0.2, 0) is 13.1 Å². The summed E-state index contributed by atoms with van der Waals surface area (Å²) in [7, 11) is 1.60. The Bertz CT molecular complexity index is 1350. The second kappa shape index (κ2) is 13.0. The van der Waals surface area contributed by atoms with Gasteiger partial charge in [0.05, 0.1) is 18.9 Å². The van der Waals surface area contributed by atoms with Crippen molar-refractivity contribution in [2.24, 2.45) is 0 Å². The Morgan fingerprint density at radius 1 is 0.900 bits per heavy atom. The Morgan fingerprint density at radius 2 is 1.55 bits per heavy atom. The number of carbonyl (C=O) groups excluding carboxylic acids is 1. The highest BCUT2D eigenvalue weighted by atomic mass is 16.5. The first kappa shape index (κ1) is 27.0. The average Bonchev–Trinajstić information content (AvgIpc) is 3.51. The predicted molar refractivity (Wildman–Crippen MR) is 155 cm³/mol. The molecule has 4 aromatic rings. The number of hydrogen-bond acceptors (Lipinski definition) is 6. The van der Waals surface area contributed by atoms with Crippen molar-refractivity contribution in [2.75, 3.05) is 17.5 Å². The number of anilines is 3. The fourth-order valence-electron chi connectivity index (χ4n) is 5.01. The van der Waals surface area contributed by atoms with Crippen molar-refractivity contribution in [3.8, 4) is 11.5 Å². The molecule has 1 heterocycles. The second-order valence-corrected chi connectivity index (χ2v) is 9.79. The fraction of sp³-hybridized carbons (Fsp3) is 0.250. The van der Waals surface area contributed by atoms with Crippen molar-refractivity contribution >= 4 is 23.2 Å². The number of methoxy groups -OCH3 is 1. The molecule has 0 bridgehead atoms. The van der Waals surface area contributed by atoms with E-state index in [1.165, 1.54) is 4.90 Å². The smallest absolute Gasteiger partial charge is 0.330 e. The summed E-state index contributed by atoms with van der Waals surface area (Å²) < 4.78 is 12.0. The highest BCUT2D eigenvalue weighted by Gasteiger charge is 2.29. The van der Waals surface area contributed by atoms with E-state index in [-0.39, 0.29) is 18.0 Å². The number of aromatic nitrogens is 1. The van der Waals surface area contributed by atoms with Crippen LogP contribution in [0.4, 0.5) is 22.0 Å². The van der Waals surface area contributed by atoms with Crippen LogP contribution in [0, 0.1) is 0 Å². The van der Waals surface area contributed by atoms with Crippen LogP contribution in [0.1, 0.15) is 36.8 Å². The standard InChI is InChI=1S/C32H34N4O4/c1-39-29-19-18-26(21-30(29)40-27-15-8-9-16-27)36(31-28(34-38)17-10-20-33-31)32(37)35(22-24-11-4-2-5-12-24)23-25-13-6-3-7-14-25/h2-7,10-14,17-21,27,34,38H,8-9,15-16,22-23H2,1H3. The maximum absolute atomic E-state index is 14.6. The number of urea groups is 1. The first-order chi connectivity index (χ1) is 19.7. The van der Waals surface area contributed by atoms with Crippen LogP contribution in [0.25, 0.3) is 0 Å². The first-order valence-corrected chi connectivity index (χ1v) is 13.5. The minimum absolute atomic E-state index is 0.102. The van der Waals surface area contributed by atoms with Gasteiger partial charge >= 0.3 is 6.03 Å². The summed E-state index contributed by atoms with van der Waals surface area (Å²) in [6.45, 7) is 0.753. The molecule has 206 valence electrons. The normalized spacial score (nSPS) is 13.1. The Balaban J connectivity index is 1.58. The molecule has 1 aliphatic carbocycles. The van der Waals surface area contributed by atoms with Gasteiger partial charge in [-0.15, -0.1) is 0 Å². The van der Waals surface area contributed by atoms with Crippen molar-refractivity contribution in [2.45, 2.75) is 44.9 Å². The number of pyridine rings is 1. The predicted octanol–water partition coefficient (Wildman–Crippen LogP) is 7.17. The van der Waals surface area contributed by atoms with Crippen molar-refractivity contribution in [1.82, 2.24) is 9.88 Å². The van der Waals surface area contributed by atoms with E-state index in [4.69, 9.17) is 9.47 Å². The molecule has 0 aliphatic heterocycles. The van der Waals surface area contributed by atoms with Gasteiger partial charge in [-0.3, -0.25) is 10.7 Å². The molecule has 1 aromatic heterocycles. The molecule has 0 unspecified atom stereocenters. The topological polar surface area (TPSA) is 87.2 Å². The van der Waals surface area contributed by atoms with Crippen LogP contribution in [0.3, 0.4) is 0 Å². The van der Waals surface area contributed by atoms with Gasteiger partial charge in [0.1, 0.15) is 5.69 Å². The quantitative estimate of drug-likeness (QED) is 0.208. The lowest BCUT2D eigenvalue weighted by Gasteiger charge is -2.31. The zero-order chi connectivity index (χ0) is 27.7. The first-order valence-electron chi connectivity index (χ1n) is 13.5. The number of nitrogens with zero attached hydrogens (tertiary/aromatic N) is 3. The maximum Gasteiger partial charge on any atom is 0.330 e. The van der Waals surface area contributed by atoms with E-state index >= 15 is 0 Å². The van der Waals surface area contributed by atoms with Crippen LogP contribution < -0.4 is 19.9 Å².